The topological polar surface area (TPSA) is 148 Å². The molecule has 1 saturated carbocycles. The zero-order valence-electron chi connectivity index (χ0n) is 22.8. The third-order valence-electron chi connectivity index (χ3n) is 7.08. The van der Waals surface area contributed by atoms with Gasteiger partial charge in [0, 0.05) is 13.0 Å². The zero-order valence-corrected chi connectivity index (χ0v) is 22.8. The molecule has 37 heavy (non-hydrogen) atoms. The van der Waals surface area contributed by atoms with Crippen LogP contribution in [0.3, 0.4) is 0 Å². The summed E-state index contributed by atoms with van der Waals surface area (Å²) < 4.78 is 30.9. The van der Waals surface area contributed by atoms with Crippen LogP contribution in [-0.2, 0) is 23.9 Å². The monoisotopic (exact) mass is 530 g/mol. The minimum absolute atomic E-state index is 0.0132. The number of hydrogen-bond acceptors (Lipinski definition) is 6. The summed E-state index contributed by atoms with van der Waals surface area (Å²) in [4.78, 5) is 64.8. The van der Waals surface area contributed by atoms with Crippen molar-refractivity contribution in [2.75, 3.05) is 6.54 Å². The number of likely N-dealkylation sites (tertiary alicyclic amines) is 1. The van der Waals surface area contributed by atoms with Gasteiger partial charge < -0.3 is 26.0 Å². The van der Waals surface area contributed by atoms with Crippen LogP contribution in [0.1, 0.15) is 68.2 Å². The van der Waals surface area contributed by atoms with Crippen LogP contribution in [0.25, 0.3) is 0 Å². The van der Waals surface area contributed by atoms with Gasteiger partial charge in [0.25, 0.3) is 5.91 Å². The van der Waals surface area contributed by atoms with E-state index >= 15 is 0 Å². The Balaban J connectivity index is 2.32. The first-order chi connectivity index (χ1) is 16.7. The van der Waals surface area contributed by atoms with Crippen molar-refractivity contribution in [3.8, 4) is 0 Å². The van der Waals surface area contributed by atoms with Crippen molar-refractivity contribution in [3.05, 3.63) is 0 Å². The number of nitrogens with one attached hydrogen (secondary N) is 2. The van der Waals surface area contributed by atoms with E-state index in [1.807, 2.05) is 13.8 Å². The van der Waals surface area contributed by atoms with Gasteiger partial charge in [0.2, 0.25) is 24.0 Å². The van der Waals surface area contributed by atoms with Gasteiger partial charge in [0.15, 0.2) is 0 Å². The third-order valence-corrected chi connectivity index (χ3v) is 7.08. The molecule has 0 spiro atoms. The van der Waals surface area contributed by atoms with E-state index in [0.29, 0.717) is 0 Å². The number of fused-ring (bicyclic) bond motifs is 1. The van der Waals surface area contributed by atoms with Crippen molar-refractivity contribution in [2.24, 2.45) is 28.4 Å². The molecular weight excluding hydrogens is 490 g/mol. The molecular formula is C25H40F2N4O6. The van der Waals surface area contributed by atoms with Crippen LogP contribution in [0.4, 0.5) is 13.6 Å². The molecule has 5 atom stereocenters. The summed E-state index contributed by atoms with van der Waals surface area (Å²) in [6.45, 7) is 14.5. The van der Waals surface area contributed by atoms with Crippen LogP contribution in [0.15, 0.2) is 0 Å². The Bertz CT molecular complexity index is 940. The SMILES string of the molecule is CC(C)(C)OC(=O)N[C@H](C(=O)N1C[C@H]2[C@@H]([C@H]1C(=O)NC(CCC(F)F)C(=O)C(N)=O)C2(C)C)C(C)(C)C. The van der Waals surface area contributed by atoms with Crippen LogP contribution in [-0.4, -0.2) is 71.2 Å². The van der Waals surface area contributed by atoms with Crippen molar-refractivity contribution in [1.82, 2.24) is 15.5 Å². The number of carbonyl (C=O) groups excluding carboxylic acids is 5. The number of ketones is 1. The van der Waals surface area contributed by atoms with Gasteiger partial charge in [-0.2, -0.15) is 0 Å². The Labute approximate surface area is 216 Å². The molecule has 2 fully saturated rings. The average Bonchev–Trinajstić information content (AvgIpc) is 3.07. The first-order valence-electron chi connectivity index (χ1n) is 12.4. The van der Waals surface area contributed by atoms with Gasteiger partial charge in [-0.3, -0.25) is 19.2 Å². The van der Waals surface area contributed by atoms with Crippen molar-refractivity contribution in [1.29, 1.82) is 0 Å². The third kappa shape index (κ3) is 7.16. The largest absolute Gasteiger partial charge is 0.444 e. The predicted octanol–water partition coefficient (Wildman–Crippen LogP) is 1.99. The van der Waals surface area contributed by atoms with E-state index in [-0.39, 0.29) is 23.8 Å². The number of primary amides is 1. The first kappa shape index (κ1) is 30.4. The summed E-state index contributed by atoms with van der Waals surface area (Å²) in [5.41, 5.74) is 3.24. The lowest BCUT2D eigenvalue weighted by molar-refractivity contribution is -0.145. The fourth-order valence-corrected chi connectivity index (χ4v) is 5.04. The Hall–Kier alpha value is -2.79. The van der Waals surface area contributed by atoms with Crippen molar-refractivity contribution >= 4 is 29.6 Å². The maximum atomic E-state index is 13.8. The van der Waals surface area contributed by atoms with Crippen molar-refractivity contribution in [3.63, 3.8) is 0 Å². The second kappa shape index (κ2) is 10.5. The van der Waals surface area contributed by atoms with Crippen molar-refractivity contribution in [2.45, 2.75) is 98.4 Å². The summed E-state index contributed by atoms with van der Waals surface area (Å²) in [5, 5.41) is 5.02. The molecule has 0 radical (unpaired) electrons. The fourth-order valence-electron chi connectivity index (χ4n) is 5.04. The maximum Gasteiger partial charge on any atom is 0.408 e. The van der Waals surface area contributed by atoms with E-state index in [2.05, 4.69) is 10.6 Å². The highest BCUT2D eigenvalue weighted by Crippen LogP contribution is 2.65. The normalized spacial score (nSPS) is 24.1. The highest BCUT2D eigenvalue weighted by Gasteiger charge is 2.70. The number of nitrogens with two attached hydrogens (primary N) is 1. The minimum Gasteiger partial charge on any atom is -0.444 e. The second-order valence-corrected chi connectivity index (χ2v) is 12.6. The molecule has 0 aromatic rings. The smallest absolute Gasteiger partial charge is 0.408 e. The van der Waals surface area contributed by atoms with Gasteiger partial charge in [0.05, 0.1) is 6.04 Å². The summed E-state index contributed by atoms with van der Waals surface area (Å²) >= 11 is 0. The molecule has 0 aromatic heterocycles. The van der Waals surface area contributed by atoms with Crippen LogP contribution in [0.5, 0.6) is 0 Å². The van der Waals surface area contributed by atoms with Gasteiger partial charge in [-0.25, -0.2) is 13.6 Å². The van der Waals surface area contributed by atoms with Gasteiger partial charge >= 0.3 is 6.09 Å². The summed E-state index contributed by atoms with van der Waals surface area (Å²) in [7, 11) is 0. The molecule has 1 aliphatic carbocycles. The van der Waals surface area contributed by atoms with Gasteiger partial charge in [-0.05, 0) is 49.9 Å². The molecule has 2 rings (SSSR count). The number of alkyl halides is 2. The molecule has 4 amide bonds. The van der Waals surface area contributed by atoms with E-state index in [4.69, 9.17) is 10.5 Å². The Morgan fingerprint density at radius 2 is 1.59 bits per heavy atom. The number of Topliss-reactive ketones (excluding diaryl/α,β-unsaturated/α-hetero) is 1. The minimum atomic E-state index is -2.75. The predicted molar refractivity (Wildman–Crippen MR) is 130 cm³/mol. The van der Waals surface area contributed by atoms with E-state index < -0.39 is 78.0 Å². The van der Waals surface area contributed by atoms with E-state index in [9.17, 15) is 32.8 Å². The molecule has 4 N–H and O–H groups in total. The Morgan fingerprint density at radius 1 is 1.03 bits per heavy atom. The number of nitrogens with zero attached hydrogens (tertiary/aromatic N) is 1. The molecule has 210 valence electrons. The number of ether oxygens (including phenoxy) is 1. The fraction of sp³-hybridized carbons (Fsp3) is 0.800. The van der Waals surface area contributed by atoms with E-state index in [0.717, 1.165) is 0 Å². The molecule has 1 saturated heterocycles. The van der Waals surface area contributed by atoms with Crippen LogP contribution in [0, 0.1) is 22.7 Å². The molecule has 12 heteroatoms. The van der Waals surface area contributed by atoms with Gasteiger partial charge in [-0.15, -0.1) is 0 Å². The number of alkyl carbamates (subject to hydrolysis) is 1. The number of amides is 4. The number of hydrogen-bond donors (Lipinski definition) is 3. The maximum absolute atomic E-state index is 13.8. The Kier molecular flexibility index (Phi) is 8.66. The van der Waals surface area contributed by atoms with E-state index in [1.165, 1.54) is 4.90 Å². The summed E-state index contributed by atoms with van der Waals surface area (Å²) in [6, 6.07) is -3.59. The standard InChI is InChI=1S/C25H40F2N4O6/c1-23(2,3)18(30-22(36)37-24(4,5)6)21(35)31-11-12-15(25(12,7)8)16(31)20(34)29-13(9-10-14(26)27)17(32)19(28)33/h12-16,18H,9-11H2,1-8H3,(H2,28,33)(H,29,34)(H,30,36)/t12-,13?,15-,16-,18+/m0/s1. The molecule has 0 aromatic carbocycles. The second-order valence-electron chi connectivity index (χ2n) is 12.6. The molecule has 2 aliphatic rings. The van der Waals surface area contributed by atoms with Crippen LogP contribution < -0.4 is 16.4 Å². The lowest BCUT2D eigenvalue weighted by atomic mass is 9.85. The van der Waals surface area contributed by atoms with Gasteiger partial charge in [-0.1, -0.05) is 34.6 Å². The number of carbonyl (C=O) groups is 5. The highest BCUT2D eigenvalue weighted by atomic mass is 19.3. The lowest BCUT2D eigenvalue weighted by Gasteiger charge is -2.38. The molecule has 1 aliphatic heterocycles. The van der Waals surface area contributed by atoms with Crippen LogP contribution in [0.2, 0.25) is 0 Å². The Morgan fingerprint density at radius 3 is 2.05 bits per heavy atom. The highest BCUT2D eigenvalue weighted by molar-refractivity contribution is 6.37. The summed E-state index contributed by atoms with van der Waals surface area (Å²) in [6.07, 6.45) is -4.73. The molecule has 0 bridgehead atoms. The first-order valence-corrected chi connectivity index (χ1v) is 12.4. The number of rotatable bonds is 9. The van der Waals surface area contributed by atoms with Gasteiger partial charge in [0.1, 0.15) is 17.7 Å². The molecule has 10 nitrogen and oxygen atoms in total. The van der Waals surface area contributed by atoms with Crippen molar-refractivity contribution < 1.29 is 37.5 Å². The zero-order chi connectivity index (χ0) is 28.7. The summed E-state index contributed by atoms with van der Waals surface area (Å²) in [5.74, 6) is -4.04. The number of halogens is 2. The van der Waals surface area contributed by atoms with Crippen LogP contribution >= 0.6 is 0 Å². The molecule has 1 unspecified atom stereocenters. The average molecular weight is 531 g/mol. The number of piperidine rings is 1. The molecule has 1 heterocycles. The lowest BCUT2D eigenvalue weighted by Crippen LogP contribution is -2.60. The van der Waals surface area contributed by atoms with E-state index in [1.54, 1.807) is 41.5 Å². The quantitative estimate of drug-likeness (QED) is 0.389.